The maximum absolute atomic E-state index is 13.4. The number of aliphatic hydroxyl groups excluding tert-OH is 1. The lowest BCUT2D eigenvalue weighted by Gasteiger charge is -2.31. The Hall–Kier alpha value is -3.35. The number of rotatable bonds is 12. The van der Waals surface area contributed by atoms with Crippen LogP contribution in [0.3, 0.4) is 0 Å². The molecule has 0 aliphatic rings. The highest BCUT2D eigenvalue weighted by atomic mass is 35.5. The van der Waals surface area contributed by atoms with Gasteiger partial charge in [0, 0.05) is 31.1 Å². The first-order chi connectivity index (χ1) is 16.6. The smallest absolute Gasteiger partial charge is 0.261 e. The molecular weight excluding hydrogens is 452 g/mol. The van der Waals surface area contributed by atoms with Gasteiger partial charge in [0.1, 0.15) is 11.8 Å². The van der Waals surface area contributed by atoms with Crippen LogP contribution in [0.4, 0.5) is 0 Å². The van der Waals surface area contributed by atoms with E-state index in [4.69, 9.17) is 21.4 Å². The van der Waals surface area contributed by atoms with Gasteiger partial charge in [-0.2, -0.15) is 0 Å². The molecule has 0 saturated heterocycles. The summed E-state index contributed by atoms with van der Waals surface area (Å²) in [6, 6.07) is 25.1. The van der Waals surface area contributed by atoms with E-state index in [0.29, 0.717) is 30.2 Å². The molecule has 0 unspecified atom stereocenters. The van der Waals surface area contributed by atoms with Gasteiger partial charge in [0.05, 0.1) is 0 Å². The summed E-state index contributed by atoms with van der Waals surface area (Å²) < 4.78 is 5.71. The van der Waals surface area contributed by atoms with Gasteiger partial charge in [0.15, 0.2) is 6.61 Å². The number of para-hydroxylation sites is 1. The summed E-state index contributed by atoms with van der Waals surface area (Å²) in [5.74, 6) is -0.00864. The van der Waals surface area contributed by atoms with Crippen molar-refractivity contribution < 1.29 is 19.4 Å². The van der Waals surface area contributed by atoms with Crippen molar-refractivity contribution in [1.29, 1.82) is 0 Å². The molecule has 0 spiro atoms. The summed E-state index contributed by atoms with van der Waals surface area (Å²) in [6.07, 6.45) is 0.780. The minimum Gasteiger partial charge on any atom is -0.484 e. The van der Waals surface area contributed by atoms with Crippen LogP contribution in [0.2, 0.25) is 5.02 Å². The first kappa shape index (κ1) is 25.3. The molecule has 1 atom stereocenters. The molecule has 0 aliphatic heterocycles. The Labute approximate surface area is 205 Å². The van der Waals surface area contributed by atoms with E-state index in [1.165, 1.54) is 0 Å². The van der Waals surface area contributed by atoms with Crippen LogP contribution in [-0.2, 0) is 22.6 Å². The van der Waals surface area contributed by atoms with Crippen LogP contribution in [0.15, 0.2) is 84.9 Å². The molecule has 3 rings (SSSR count). The summed E-state index contributed by atoms with van der Waals surface area (Å²) in [6.45, 7) is 0.317. The molecule has 3 aromatic rings. The molecule has 0 saturated carbocycles. The van der Waals surface area contributed by atoms with E-state index in [1.807, 2.05) is 60.7 Å². The molecule has 34 heavy (non-hydrogen) atoms. The number of ether oxygens (including phenoxy) is 1. The maximum Gasteiger partial charge on any atom is 0.261 e. The second-order valence-corrected chi connectivity index (χ2v) is 8.26. The van der Waals surface area contributed by atoms with Gasteiger partial charge in [-0.1, -0.05) is 72.3 Å². The third kappa shape index (κ3) is 7.90. The van der Waals surface area contributed by atoms with E-state index in [0.717, 1.165) is 11.1 Å². The normalized spacial score (nSPS) is 11.5. The number of aliphatic hydroxyl groups is 1. The van der Waals surface area contributed by atoms with E-state index in [9.17, 15) is 9.59 Å². The van der Waals surface area contributed by atoms with Gasteiger partial charge in [-0.05, 0) is 41.8 Å². The Balaban J connectivity index is 1.86. The minimum atomic E-state index is -0.761. The average Bonchev–Trinajstić information content (AvgIpc) is 2.87. The molecule has 0 heterocycles. The number of nitrogens with one attached hydrogen (secondary N) is 1. The van der Waals surface area contributed by atoms with Gasteiger partial charge in [-0.3, -0.25) is 9.59 Å². The molecule has 6 nitrogen and oxygen atoms in total. The number of carbonyl (C=O) groups excluding carboxylic acids is 2. The lowest BCUT2D eigenvalue weighted by molar-refractivity contribution is -0.142. The van der Waals surface area contributed by atoms with Crippen molar-refractivity contribution in [2.75, 3.05) is 19.8 Å². The first-order valence-electron chi connectivity index (χ1n) is 11.2. The Morgan fingerprint density at radius 2 is 1.56 bits per heavy atom. The maximum atomic E-state index is 13.4. The Kier molecular flexibility index (Phi) is 9.95. The van der Waals surface area contributed by atoms with E-state index in [1.54, 1.807) is 29.2 Å². The van der Waals surface area contributed by atoms with Gasteiger partial charge in [-0.15, -0.1) is 0 Å². The molecule has 2 amide bonds. The summed E-state index contributed by atoms with van der Waals surface area (Å²) >= 11 is 6.03. The van der Waals surface area contributed by atoms with Crippen LogP contribution in [0.5, 0.6) is 5.75 Å². The van der Waals surface area contributed by atoms with Crippen molar-refractivity contribution in [1.82, 2.24) is 10.2 Å². The third-order valence-corrected chi connectivity index (χ3v) is 5.53. The van der Waals surface area contributed by atoms with Crippen molar-refractivity contribution in [2.24, 2.45) is 0 Å². The van der Waals surface area contributed by atoms with E-state index in [2.05, 4.69) is 5.32 Å². The van der Waals surface area contributed by atoms with Gasteiger partial charge < -0.3 is 20.1 Å². The Morgan fingerprint density at radius 1 is 0.912 bits per heavy atom. The average molecular weight is 481 g/mol. The van der Waals surface area contributed by atoms with Crippen LogP contribution >= 0.6 is 11.6 Å². The highest BCUT2D eigenvalue weighted by molar-refractivity contribution is 6.30. The summed E-state index contributed by atoms with van der Waals surface area (Å²) in [5.41, 5.74) is 1.78. The number of halogens is 1. The number of nitrogens with zero attached hydrogens (tertiary/aromatic N) is 1. The molecule has 0 bridgehead atoms. The third-order valence-electron chi connectivity index (χ3n) is 5.28. The van der Waals surface area contributed by atoms with E-state index in [-0.39, 0.29) is 31.6 Å². The lowest BCUT2D eigenvalue weighted by Crippen LogP contribution is -2.51. The fourth-order valence-electron chi connectivity index (χ4n) is 3.49. The summed E-state index contributed by atoms with van der Waals surface area (Å²) in [7, 11) is 0. The standard InChI is InChI=1S/C27H29ClN2O4/c28-23-14-12-22(13-15-23)19-30(26(32)20-34-24-10-5-2-6-11-24)25(27(33)29-16-7-17-31)18-21-8-3-1-4-9-21/h1-6,8-15,25,31H,7,16-20H2,(H,29,33)/t25-/m0/s1. The zero-order chi connectivity index (χ0) is 24.2. The fraction of sp³-hybridized carbons (Fsp3) is 0.259. The molecule has 3 aromatic carbocycles. The SMILES string of the molecule is O=C(NCCCO)[C@H](Cc1ccccc1)N(Cc1ccc(Cl)cc1)C(=O)COc1ccccc1. The second kappa shape index (κ2) is 13.4. The number of amides is 2. The van der Waals surface area contributed by atoms with Crippen molar-refractivity contribution in [3.05, 3.63) is 101 Å². The van der Waals surface area contributed by atoms with Crippen LogP contribution in [0.1, 0.15) is 17.5 Å². The topological polar surface area (TPSA) is 78.9 Å². The quantitative estimate of drug-likeness (QED) is 0.386. The molecule has 7 heteroatoms. The second-order valence-electron chi connectivity index (χ2n) is 7.82. The minimum absolute atomic E-state index is 0.0258. The van der Waals surface area contributed by atoms with Crippen LogP contribution in [0.25, 0.3) is 0 Å². The van der Waals surface area contributed by atoms with Crippen molar-refractivity contribution in [2.45, 2.75) is 25.4 Å². The largest absolute Gasteiger partial charge is 0.484 e. The molecule has 2 N–H and O–H groups in total. The fourth-order valence-corrected chi connectivity index (χ4v) is 3.62. The van der Waals surface area contributed by atoms with Crippen LogP contribution in [0, 0.1) is 0 Å². The monoisotopic (exact) mass is 480 g/mol. The molecule has 0 radical (unpaired) electrons. The number of carbonyl (C=O) groups is 2. The molecule has 178 valence electrons. The molecule has 0 fully saturated rings. The van der Waals surface area contributed by atoms with Crippen molar-refractivity contribution in [3.63, 3.8) is 0 Å². The highest BCUT2D eigenvalue weighted by Crippen LogP contribution is 2.17. The van der Waals surface area contributed by atoms with Crippen LogP contribution in [-0.4, -0.2) is 47.6 Å². The predicted octanol–water partition coefficient (Wildman–Crippen LogP) is 3.86. The highest BCUT2D eigenvalue weighted by Gasteiger charge is 2.30. The van der Waals surface area contributed by atoms with E-state index < -0.39 is 6.04 Å². The zero-order valence-corrected chi connectivity index (χ0v) is 19.7. The Morgan fingerprint density at radius 3 is 2.21 bits per heavy atom. The lowest BCUT2D eigenvalue weighted by atomic mass is 10.0. The van der Waals surface area contributed by atoms with Gasteiger partial charge >= 0.3 is 0 Å². The van der Waals surface area contributed by atoms with Crippen molar-refractivity contribution >= 4 is 23.4 Å². The molecule has 0 aliphatic carbocycles. The van der Waals surface area contributed by atoms with Crippen molar-refractivity contribution in [3.8, 4) is 5.75 Å². The van der Waals surface area contributed by atoms with Gasteiger partial charge in [0.2, 0.25) is 5.91 Å². The van der Waals surface area contributed by atoms with Gasteiger partial charge in [-0.25, -0.2) is 0 Å². The Bertz CT molecular complexity index is 1030. The summed E-state index contributed by atoms with van der Waals surface area (Å²) in [4.78, 5) is 28.2. The molecular formula is C27H29ClN2O4. The number of benzene rings is 3. The number of hydrogen-bond donors (Lipinski definition) is 2. The predicted molar refractivity (Wildman–Crippen MR) is 133 cm³/mol. The molecule has 0 aromatic heterocycles. The number of hydrogen-bond acceptors (Lipinski definition) is 4. The van der Waals surface area contributed by atoms with Crippen LogP contribution < -0.4 is 10.1 Å². The summed E-state index contributed by atoms with van der Waals surface area (Å²) in [5, 5.41) is 12.5. The zero-order valence-electron chi connectivity index (χ0n) is 18.9. The van der Waals surface area contributed by atoms with E-state index >= 15 is 0 Å². The van der Waals surface area contributed by atoms with Gasteiger partial charge in [0.25, 0.3) is 5.91 Å². The first-order valence-corrected chi connectivity index (χ1v) is 11.6.